The molecule has 0 fully saturated rings. The summed E-state index contributed by atoms with van der Waals surface area (Å²) in [6, 6.07) is 15.0. The van der Waals surface area contributed by atoms with Crippen molar-refractivity contribution in [2.24, 2.45) is 0 Å². The van der Waals surface area contributed by atoms with Gasteiger partial charge in [-0.1, -0.05) is 12.1 Å². The van der Waals surface area contributed by atoms with Gasteiger partial charge in [0, 0.05) is 0 Å². The predicted octanol–water partition coefficient (Wildman–Crippen LogP) is 3.87. The minimum Gasteiger partial charge on any atom is -0.497 e. The standard InChI is InChI=1S/C14H13BrO3/c1-16-11-6-8-12(9-7-11)17-10-18-14-5-3-2-4-13(14)15/h2-9H,10H2,1H3. The molecule has 3 nitrogen and oxygen atoms in total. The van der Waals surface area contributed by atoms with Crippen molar-refractivity contribution in [3.05, 3.63) is 53.0 Å². The molecule has 0 amide bonds. The first-order valence-corrected chi connectivity index (χ1v) is 6.23. The molecular weight excluding hydrogens is 296 g/mol. The zero-order valence-electron chi connectivity index (χ0n) is 9.93. The Morgan fingerprint density at radius 1 is 0.889 bits per heavy atom. The van der Waals surface area contributed by atoms with Crippen molar-refractivity contribution in [1.82, 2.24) is 0 Å². The maximum atomic E-state index is 5.50. The molecule has 0 aliphatic rings. The van der Waals surface area contributed by atoms with E-state index in [2.05, 4.69) is 15.9 Å². The molecule has 2 aromatic rings. The van der Waals surface area contributed by atoms with E-state index < -0.39 is 0 Å². The van der Waals surface area contributed by atoms with Crippen LogP contribution in [0.3, 0.4) is 0 Å². The highest BCUT2D eigenvalue weighted by atomic mass is 79.9. The topological polar surface area (TPSA) is 27.7 Å². The molecule has 0 saturated heterocycles. The average molecular weight is 309 g/mol. The molecule has 0 N–H and O–H groups in total. The first-order valence-electron chi connectivity index (χ1n) is 5.44. The molecule has 18 heavy (non-hydrogen) atoms. The number of hydrogen-bond donors (Lipinski definition) is 0. The van der Waals surface area contributed by atoms with Crippen LogP contribution in [0.25, 0.3) is 0 Å². The smallest absolute Gasteiger partial charge is 0.230 e. The lowest BCUT2D eigenvalue weighted by Crippen LogP contribution is -2.05. The van der Waals surface area contributed by atoms with Gasteiger partial charge in [0.1, 0.15) is 17.2 Å². The highest BCUT2D eigenvalue weighted by Crippen LogP contribution is 2.24. The quantitative estimate of drug-likeness (QED) is 0.785. The monoisotopic (exact) mass is 308 g/mol. The minimum absolute atomic E-state index is 0.162. The van der Waals surface area contributed by atoms with Crippen LogP contribution in [0.4, 0.5) is 0 Å². The molecule has 2 rings (SSSR count). The molecule has 0 spiro atoms. The van der Waals surface area contributed by atoms with Gasteiger partial charge in [-0.2, -0.15) is 0 Å². The highest BCUT2D eigenvalue weighted by Gasteiger charge is 1.99. The summed E-state index contributed by atoms with van der Waals surface area (Å²) in [5, 5.41) is 0. The number of benzene rings is 2. The van der Waals surface area contributed by atoms with E-state index in [1.54, 1.807) is 7.11 Å². The van der Waals surface area contributed by atoms with Crippen LogP contribution in [-0.4, -0.2) is 13.9 Å². The molecule has 94 valence electrons. The van der Waals surface area contributed by atoms with Gasteiger partial charge < -0.3 is 14.2 Å². The van der Waals surface area contributed by atoms with E-state index in [0.717, 1.165) is 21.7 Å². The van der Waals surface area contributed by atoms with E-state index in [4.69, 9.17) is 14.2 Å². The summed E-state index contributed by atoms with van der Waals surface area (Å²) in [5.74, 6) is 2.29. The first-order chi connectivity index (χ1) is 8.79. The molecule has 0 atom stereocenters. The molecular formula is C14H13BrO3. The van der Waals surface area contributed by atoms with E-state index >= 15 is 0 Å². The van der Waals surface area contributed by atoms with Crippen LogP contribution < -0.4 is 14.2 Å². The number of methoxy groups -OCH3 is 1. The summed E-state index contributed by atoms with van der Waals surface area (Å²) in [7, 11) is 1.63. The maximum absolute atomic E-state index is 5.50. The number of rotatable bonds is 5. The van der Waals surface area contributed by atoms with Crippen molar-refractivity contribution in [3.8, 4) is 17.2 Å². The second-order valence-electron chi connectivity index (χ2n) is 3.51. The fourth-order valence-corrected chi connectivity index (χ4v) is 1.79. The minimum atomic E-state index is 0.162. The van der Waals surface area contributed by atoms with Crippen LogP contribution in [0.2, 0.25) is 0 Å². The van der Waals surface area contributed by atoms with Gasteiger partial charge in [-0.3, -0.25) is 0 Å². The molecule has 0 heterocycles. The zero-order valence-corrected chi connectivity index (χ0v) is 11.5. The SMILES string of the molecule is COc1ccc(OCOc2ccccc2Br)cc1. The van der Waals surface area contributed by atoms with Crippen LogP contribution in [0, 0.1) is 0 Å². The lowest BCUT2D eigenvalue weighted by Gasteiger charge is -2.10. The number of hydrogen-bond acceptors (Lipinski definition) is 3. The maximum Gasteiger partial charge on any atom is 0.230 e. The summed E-state index contributed by atoms with van der Waals surface area (Å²) in [4.78, 5) is 0. The first kappa shape index (κ1) is 12.8. The van der Waals surface area contributed by atoms with E-state index in [-0.39, 0.29) is 6.79 Å². The Balaban J connectivity index is 1.86. The van der Waals surface area contributed by atoms with Crippen LogP contribution in [0.15, 0.2) is 53.0 Å². The lowest BCUT2D eigenvalue weighted by atomic mass is 10.3. The lowest BCUT2D eigenvalue weighted by molar-refractivity contribution is 0.119. The van der Waals surface area contributed by atoms with Crippen LogP contribution >= 0.6 is 15.9 Å². The molecule has 0 saturated carbocycles. The molecule has 2 aromatic carbocycles. The van der Waals surface area contributed by atoms with Gasteiger partial charge in [0.15, 0.2) is 0 Å². The van der Waals surface area contributed by atoms with Gasteiger partial charge >= 0.3 is 0 Å². The van der Waals surface area contributed by atoms with Crippen LogP contribution in [0.5, 0.6) is 17.2 Å². The summed E-state index contributed by atoms with van der Waals surface area (Å²) < 4.78 is 16.9. The van der Waals surface area contributed by atoms with Crippen molar-refractivity contribution >= 4 is 15.9 Å². The Bertz CT molecular complexity index is 497. The summed E-state index contributed by atoms with van der Waals surface area (Å²) >= 11 is 3.40. The number of halogens is 1. The zero-order chi connectivity index (χ0) is 12.8. The Morgan fingerprint density at radius 3 is 2.22 bits per heavy atom. The van der Waals surface area contributed by atoms with Gasteiger partial charge in [0.05, 0.1) is 11.6 Å². The molecule has 0 aliphatic carbocycles. The Morgan fingerprint density at radius 2 is 1.56 bits per heavy atom. The van der Waals surface area contributed by atoms with Crippen molar-refractivity contribution in [2.45, 2.75) is 0 Å². The normalized spacial score (nSPS) is 9.89. The Kier molecular flexibility index (Phi) is 4.47. The number of para-hydroxylation sites is 1. The van der Waals surface area contributed by atoms with Gasteiger partial charge in [-0.25, -0.2) is 0 Å². The highest BCUT2D eigenvalue weighted by molar-refractivity contribution is 9.10. The van der Waals surface area contributed by atoms with Crippen LogP contribution in [-0.2, 0) is 0 Å². The second kappa shape index (κ2) is 6.31. The molecule has 0 unspecified atom stereocenters. The third kappa shape index (κ3) is 3.40. The van der Waals surface area contributed by atoms with Crippen LogP contribution in [0.1, 0.15) is 0 Å². The second-order valence-corrected chi connectivity index (χ2v) is 4.37. The summed E-state index contributed by atoms with van der Waals surface area (Å²) in [6.45, 7) is 0.162. The summed E-state index contributed by atoms with van der Waals surface area (Å²) in [5.41, 5.74) is 0. The molecule has 4 heteroatoms. The average Bonchev–Trinajstić information content (AvgIpc) is 2.42. The fourth-order valence-electron chi connectivity index (χ4n) is 1.39. The Labute approximate surface area is 114 Å². The molecule has 0 radical (unpaired) electrons. The number of ether oxygens (including phenoxy) is 3. The van der Waals surface area contributed by atoms with E-state index in [9.17, 15) is 0 Å². The third-order valence-electron chi connectivity index (χ3n) is 2.34. The molecule has 0 aromatic heterocycles. The van der Waals surface area contributed by atoms with Crippen molar-refractivity contribution < 1.29 is 14.2 Å². The third-order valence-corrected chi connectivity index (χ3v) is 2.99. The predicted molar refractivity (Wildman–Crippen MR) is 73.3 cm³/mol. The summed E-state index contributed by atoms with van der Waals surface area (Å²) in [6.07, 6.45) is 0. The van der Waals surface area contributed by atoms with E-state index in [0.29, 0.717) is 0 Å². The van der Waals surface area contributed by atoms with Gasteiger partial charge in [0.2, 0.25) is 6.79 Å². The molecule has 0 bridgehead atoms. The van der Waals surface area contributed by atoms with E-state index in [1.807, 2.05) is 48.5 Å². The van der Waals surface area contributed by atoms with E-state index in [1.165, 1.54) is 0 Å². The van der Waals surface area contributed by atoms with Crippen molar-refractivity contribution in [1.29, 1.82) is 0 Å². The van der Waals surface area contributed by atoms with Gasteiger partial charge in [0.25, 0.3) is 0 Å². The van der Waals surface area contributed by atoms with Gasteiger partial charge in [-0.05, 0) is 52.3 Å². The van der Waals surface area contributed by atoms with Crippen molar-refractivity contribution in [2.75, 3.05) is 13.9 Å². The van der Waals surface area contributed by atoms with Crippen molar-refractivity contribution in [3.63, 3.8) is 0 Å². The fraction of sp³-hybridized carbons (Fsp3) is 0.143. The largest absolute Gasteiger partial charge is 0.497 e. The Hall–Kier alpha value is -1.68. The molecule has 0 aliphatic heterocycles. The van der Waals surface area contributed by atoms with Gasteiger partial charge in [-0.15, -0.1) is 0 Å².